The lowest BCUT2D eigenvalue weighted by molar-refractivity contribution is -0.116. The van der Waals surface area contributed by atoms with Gasteiger partial charge in [0.25, 0.3) is 0 Å². The van der Waals surface area contributed by atoms with Crippen molar-refractivity contribution in [1.29, 1.82) is 0 Å². The van der Waals surface area contributed by atoms with Gasteiger partial charge in [0.05, 0.1) is 11.4 Å². The molecule has 0 unspecified atom stereocenters. The molecule has 0 spiro atoms. The van der Waals surface area contributed by atoms with Crippen molar-refractivity contribution in [2.24, 2.45) is 0 Å². The number of benzene rings is 2. The van der Waals surface area contributed by atoms with Crippen LogP contribution in [-0.2, 0) is 4.79 Å². The second-order valence-electron chi connectivity index (χ2n) is 6.81. The average Bonchev–Trinajstić information content (AvgIpc) is 3.29. The van der Waals surface area contributed by atoms with Crippen LogP contribution in [0.5, 0.6) is 0 Å². The highest BCUT2D eigenvalue weighted by atomic mass is 35.5. The lowest BCUT2D eigenvalue weighted by Crippen LogP contribution is -2.13. The second kappa shape index (κ2) is 9.64. The van der Waals surface area contributed by atoms with Crippen LogP contribution >= 0.6 is 22.9 Å². The normalized spacial score (nSPS) is 10.6. The summed E-state index contributed by atoms with van der Waals surface area (Å²) in [5, 5.41) is 6.23. The Morgan fingerprint density at radius 3 is 2.55 bits per heavy atom. The van der Waals surface area contributed by atoms with Gasteiger partial charge in [-0.05, 0) is 48.5 Å². The van der Waals surface area contributed by atoms with Gasteiger partial charge in [-0.1, -0.05) is 29.8 Å². The van der Waals surface area contributed by atoms with E-state index in [4.69, 9.17) is 11.6 Å². The van der Waals surface area contributed by atoms with E-state index in [0.29, 0.717) is 16.3 Å². The Morgan fingerprint density at radius 1 is 0.935 bits per heavy atom. The number of hydrogen-bond donors (Lipinski definition) is 1. The molecule has 4 aromatic rings. The highest BCUT2D eigenvalue weighted by molar-refractivity contribution is 7.13. The zero-order chi connectivity index (χ0) is 21.6. The summed E-state index contributed by atoms with van der Waals surface area (Å²) in [5.41, 5.74) is 3.75. The molecule has 2 aromatic carbocycles. The molecule has 5 nitrogen and oxygen atoms in total. The molecule has 0 atom stereocenters. The Kier molecular flexibility index (Phi) is 6.50. The number of nitrogens with one attached hydrogen (secondary N) is 1. The first-order valence-electron chi connectivity index (χ1n) is 9.64. The van der Waals surface area contributed by atoms with Crippen LogP contribution in [0.1, 0.15) is 23.2 Å². The van der Waals surface area contributed by atoms with Crippen LogP contribution in [0.3, 0.4) is 0 Å². The smallest absolute Gasteiger partial charge is 0.224 e. The maximum absolute atomic E-state index is 12.3. The van der Waals surface area contributed by atoms with E-state index in [1.54, 1.807) is 30.5 Å². The Bertz CT molecular complexity index is 1210. The number of carbonyl (C=O) groups is 2. The van der Waals surface area contributed by atoms with Crippen molar-refractivity contribution in [1.82, 2.24) is 9.97 Å². The number of ketones is 1. The first-order valence-corrected chi connectivity index (χ1v) is 10.9. The number of rotatable bonds is 7. The minimum Gasteiger partial charge on any atom is -0.326 e. The third-order valence-electron chi connectivity index (χ3n) is 4.58. The highest BCUT2D eigenvalue weighted by Crippen LogP contribution is 2.29. The third-order valence-corrected chi connectivity index (χ3v) is 5.69. The number of aromatic nitrogens is 2. The number of hydrogen-bond acceptors (Lipinski definition) is 5. The summed E-state index contributed by atoms with van der Waals surface area (Å²) in [6, 6.07) is 19.9. The van der Waals surface area contributed by atoms with Gasteiger partial charge in [-0.25, -0.2) is 4.98 Å². The third kappa shape index (κ3) is 5.42. The lowest BCUT2D eigenvalue weighted by atomic mass is 10.1. The lowest BCUT2D eigenvalue weighted by Gasteiger charge is -2.07. The van der Waals surface area contributed by atoms with Gasteiger partial charge in [-0.3, -0.25) is 14.6 Å². The van der Waals surface area contributed by atoms with Crippen molar-refractivity contribution < 1.29 is 9.59 Å². The van der Waals surface area contributed by atoms with Crippen molar-refractivity contribution in [3.05, 3.63) is 88.9 Å². The number of amides is 1. The zero-order valence-corrected chi connectivity index (χ0v) is 18.0. The molecule has 31 heavy (non-hydrogen) atoms. The Morgan fingerprint density at radius 2 is 1.77 bits per heavy atom. The number of nitrogens with zero attached hydrogens (tertiary/aromatic N) is 2. The second-order valence-corrected chi connectivity index (χ2v) is 8.11. The van der Waals surface area contributed by atoms with Crippen LogP contribution in [-0.4, -0.2) is 21.7 Å². The van der Waals surface area contributed by atoms with Gasteiger partial charge in [0, 0.05) is 46.3 Å². The first kappa shape index (κ1) is 20.9. The summed E-state index contributed by atoms with van der Waals surface area (Å²) >= 11 is 7.36. The van der Waals surface area contributed by atoms with Crippen molar-refractivity contribution in [2.75, 3.05) is 5.32 Å². The van der Waals surface area contributed by atoms with Crippen molar-refractivity contribution in [3.63, 3.8) is 0 Å². The predicted molar refractivity (Wildman–Crippen MR) is 124 cm³/mol. The van der Waals surface area contributed by atoms with Crippen LogP contribution in [0.25, 0.3) is 22.0 Å². The fourth-order valence-electron chi connectivity index (χ4n) is 3.00. The largest absolute Gasteiger partial charge is 0.326 e. The number of thiazole rings is 1. The molecule has 0 fully saturated rings. The molecule has 4 rings (SSSR count). The topological polar surface area (TPSA) is 72.0 Å². The number of halogens is 1. The number of carbonyl (C=O) groups excluding carboxylic acids is 2. The van der Waals surface area contributed by atoms with Crippen molar-refractivity contribution in [2.45, 2.75) is 12.8 Å². The fourth-order valence-corrected chi connectivity index (χ4v) is 3.93. The molecule has 2 aromatic heterocycles. The highest BCUT2D eigenvalue weighted by Gasteiger charge is 2.11. The minimum atomic E-state index is -0.216. The van der Waals surface area contributed by atoms with Gasteiger partial charge in [-0.2, -0.15) is 0 Å². The predicted octanol–water partition coefficient (Wildman–Crippen LogP) is 6.13. The molecule has 0 aliphatic carbocycles. The molecule has 154 valence electrons. The molecule has 2 heterocycles. The van der Waals surface area contributed by atoms with Crippen LogP contribution < -0.4 is 5.32 Å². The molecule has 0 aliphatic rings. The summed E-state index contributed by atoms with van der Waals surface area (Å²) in [5.74, 6) is -0.308. The van der Waals surface area contributed by atoms with Gasteiger partial charge in [0.1, 0.15) is 5.01 Å². The average molecular weight is 448 g/mol. The van der Waals surface area contributed by atoms with Crippen LogP contribution in [0, 0.1) is 0 Å². The molecule has 0 radical (unpaired) electrons. The summed E-state index contributed by atoms with van der Waals surface area (Å²) in [4.78, 5) is 33.6. The van der Waals surface area contributed by atoms with Gasteiger partial charge >= 0.3 is 0 Å². The van der Waals surface area contributed by atoms with E-state index in [1.165, 1.54) is 11.3 Å². The summed E-state index contributed by atoms with van der Waals surface area (Å²) < 4.78 is 0. The Labute approximate surface area is 188 Å². The molecule has 1 amide bonds. The van der Waals surface area contributed by atoms with E-state index in [-0.39, 0.29) is 24.5 Å². The molecule has 0 aliphatic heterocycles. The van der Waals surface area contributed by atoms with Gasteiger partial charge in [0.15, 0.2) is 5.78 Å². The quantitative estimate of drug-likeness (QED) is 0.346. The van der Waals surface area contributed by atoms with Crippen molar-refractivity contribution >= 4 is 40.3 Å². The molecule has 0 bridgehead atoms. The summed E-state index contributed by atoms with van der Waals surface area (Å²) in [6.07, 6.45) is 1.98. The fraction of sp³-hybridized carbons (Fsp3) is 0.0833. The van der Waals surface area contributed by atoms with Gasteiger partial charge in [-0.15, -0.1) is 11.3 Å². The van der Waals surface area contributed by atoms with Crippen LogP contribution in [0.2, 0.25) is 5.02 Å². The van der Waals surface area contributed by atoms with E-state index in [9.17, 15) is 9.59 Å². The van der Waals surface area contributed by atoms with Gasteiger partial charge < -0.3 is 5.32 Å². The molecule has 0 saturated carbocycles. The molecule has 7 heteroatoms. The maximum atomic E-state index is 12.3. The van der Waals surface area contributed by atoms with Crippen LogP contribution in [0.15, 0.2) is 78.3 Å². The van der Waals surface area contributed by atoms with E-state index < -0.39 is 0 Å². The van der Waals surface area contributed by atoms with E-state index in [1.807, 2.05) is 47.8 Å². The monoisotopic (exact) mass is 447 g/mol. The van der Waals surface area contributed by atoms with Crippen LogP contribution in [0.4, 0.5) is 5.69 Å². The van der Waals surface area contributed by atoms with Gasteiger partial charge in [0.2, 0.25) is 5.91 Å². The molecule has 1 N–H and O–H groups in total. The van der Waals surface area contributed by atoms with E-state index >= 15 is 0 Å². The standard InChI is InChI=1S/C24H18ClN3O2S/c25-18-9-7-16(8-10-18)22(29)11-12-23(30)27-19-5-3-4-17(14-19)21-15-31-24(28-21)20-6-1-2-13-26-20/h1-10,13-15H,11-12H2,(H,27,30). The Balaban J connectivity index is 1.38. The summed E-state index contributed by atoms with van der Waals surface area (Å²) in [6.45, 7) is 0. The number of anilines is 1. The summed E-state index contributed by atoms with van der Waals surface area (Å²) in [7, 11) is 0. The zero-order valence-electron chi connectivity index (χ0n) is 16.4. The molecule has 0 saturated heterocycles. The number of Topliss-reactive ketones (excluding diaryl/α,β-unsaturated/α-hetero) is 1. The molecular weight excluding hydrogens is 430 g/mol. The first-order chi connectivity index (χ1) is 15.1. The minimum absolute atomic E-state index is 0.0925. The van der Waals surface area contributed by atoms with E-state index in [2.05, 4.69) is 15.3 Å². The van der Waals surface area contributed by atoms with E-state index in [0.717, 1.165) is 22.0 Å². The van der Waals surface area contributed by atoms with Crippen molar-refractivity contribution in [3.8, 4) is 22.0 Å². The maximum Gasteiger partial charge on any atom is 0.224 e. The Hall–Kier alpha value is -3.35. The number of pyridine rings is 1. The SMILES string of the molecule is O=C(CCC(=O)c1ccc(Cl)cc1)Nc1cccc(-c2csc(-c3ccccn3)n2)c1. The molecular formula is C24H18ClN3O2S.